The second kappa shape index (κ2) is 1.86. The Balaban J connectivity index is 2.18. The predicted molar refractivity (Wildman–Crippen MR) is 37.9 cm³/mol. The lowest BCUT2D eigenvalue weighted by atomic mass is 9.97. The van der Waals surface area contributed by atoms with Crippen LogP contribution in [-0.4, -0.2) is 0 Å². The van der Waals surface area contributed by atoms with E-state index in [4.69, 9.17) is 0 Å². The van der Waals surface area contributed by atoms with Crippen molar-refractivity contribution >= 4 is 0 Å². The molecular formula is C9H13. The second-order valence-corrected chi connectivity index (χ2v) is 3.23. The third-order valence-electron chi connectivity index (χ3n) is 2.70. The number of rotatable bonds is 1. The van der Waals surface area contributed by atoms with Crippen LogP contribution in [0.2, 0.25) is 0 Å². The van der Waals surface area contributed by atoms with Gasteiger partial charge >= 0.3 is 0 Å². The van der Waals surface area contributed by atoms with Crippen molar-refractivity contribution in [1.29, 1.82) is 0 Å². The molecule has 2 bridgehead atoms. The standard InChI is InChI=1S/C9H13/c1-2-8-5-7-3-4-9(8)6-7/h7,9H,2-4,6H2,1H3. The van der Waals surface area contributed by atoms with Crippen molar-refractivity contribution in [1.82, 2.24) is 0 Å². The van der Waals surface area contributed by atoms with Crippen LogP contribution < -0.4 is 0 Å². The SMILES string of the molecule is CCC1=[C]C2CCC1C2. The zero-order valence-corrected chi connectivity index (χ0v) is 5.98. The van der Waals surface area contributed by atoms with Crippen LogP contribution in [0.5, 0.6) is 0 Å². The van der Waals surface area contributed by atoms with Crippen LogP contribution in [-0.2, 0) is 0 Å². The van der Waals surface area contributed by atoms with E-state index >= 15 is 0 Å². The molecule has 0 N–H and O–H groups in total. The smallest absolute Gasteiger partial charge is 0.0154 e. The van der Waals surface area contributed by atoms with Crippen LogP contribution in [0.3, 0.4) is 0 Å². The molecule has 2 unspecified atom stereocenters. The van der Waals surface area contributed by atoms with Gasteiger partial charge in [0.05, 0.1) is 0 Å². The van der Waals surface area contributed by atoms with Crippen LogP contribution >= 0.6 is 0 Å². The first-order chi connectivity index (χ1) is 4.40. The Morgan fingerprint density at radius 1 is 1.56 bits per heavy atom. The molecule has 0 aromatic rings. The van der Waals surface area contributed by atoms with Crippen molar-refractivity contribution < 1.29 is 0 Å². The van der Waals surface area contributed by atoms with E-state index in [0.717, 1.165) is 11.8 Å². The van der Waals surface area contributed by atoms with Crippen LogP contribution in [0.15, 0.2) is 5.57 Å². The van der Waals surface area contributed by atoms with E-state index in [-0.39, 0.29) is 0 Å². The van der Waals surface area contributed by atoms with Crippen molar-refractivity contribution in [3.8, 4) is 0 Å². The van der Waals surface area contributed by atoms with E-state index in [1.807, 2.05) is 0 Å². The minimum Gasteiger partial charge on any atom is -0.0636 e. The average Bonchev–Trinajstić information content (AvgIpc) is 2.45. The van der Waals surface area contributed by atoms with Gasteiger partial charge in [-0.05, 0) is 43.6 Å². The van der Waals surface area contributed by atoms with E-state index in [1.165, 1.54) is 25.7 Å². The van der Waals surface area contributed by atoms with Gasteiger partial charge in [-0.25, -0.2) is 0 Å². The minimum absolute atomic E-state index is 0.866. The molecule has 49 valence electrons. The maximum Gasteiger partial charge on any atom is -0.0154 e. The van der Waals surface area contributed by atoms with Crippen LogP contribution in [0.4, 0.5) is 0 Å². The molecular weight excluding hydrogens is 108 g/mol. The zero-order valence-electron chi connectivity index (χ0n) is 5.98. The molecule has 0 aromatic carbocycles. The van der Waals surface area contributed by atoms with Crippen molar-refractivity contribution in [3.05, 3.63) is 11.6 Å². The van der Waals surface area contributed by atoms with E-state index in [0.29, 0.717) is 0 Å². The van der Waals surface area contributed by atoms with Gasteiger partial charge in [-0.2, -0.15) is 0 Å². The van der Waals surface area contributed by atoms with Gasteiger partial charge in [0, 0.05) is 0 Å². The van der Waals surface area contributed by atoms with Gasteiger partial charge < -0.3 is 0 Å². The van der Waals surface area contributed by atoms with Crippen LogP contribution in [0, 0.1) is 17.9 Å². The normalized spacial score (nSPS) is 39.4. The summed E-state index contributed by atoms with van der Waals surface area (Å²) in [6.07, 6.45) is 9.13. The Kier molecular flexibility index (Phi) is 1.14. The third-order valence-corrected chi connectivity index (χ3v) is 2.70. The molecule has 0 spiro atoms. The molecule has 1 radical (unpaired) electrons. The van der Waals surface area contributed by atoms with Gasteiger partial charge in [0.1, 0.15) is 0 Å². The molecule has 1 fully saturated rings. The molecule has 1 saturated carbocycles. The number of fused-ring (bicyclic) bond motifs is 2. The fourth-order valence-electron chi connectivity index (χ4n) is 2.20. The maximum atomic E-state index is 3.56. The highest BCUT2D eigenvalue weighted by Gasteiger charge is 2.31. The lowest BCUT2D eigenvalue weighted by Gasteiger charge is -2.08. The fraction of sp³-hybridized carbons (Fsp3) is 0.778. The molecule has 0 amide bonds. The van der Waals surface area contributed by atoms with Crippen molar-refractivity contribution in [2.75, 3.05) is 0 Å². The Labute approximate surface area is 57.0 Å². The predicted octanol–water partition coefficient (Wildman–Crippen LogP) is 2.56. The van der Waals surface area contributed by atoms with Gasteiger partial charge in [-0.1, -0.05) is 12.5 Å². The number of allylic oxidation sites excluding steroid dienone is 2. The molecule has 2 atom stereocenters. The summed E-state index contributed by atoms with van der Waals surface area (Å²) >= 11 is 0. The molecule has 2 rings (SSSR count). The summed E-state index contributed by atoms with van der Waals surface area (Å²) in [6.45, 7) is 2.25. The molecule has 0 aliphatic heterocycles. The van der Waals surface area contributed by atoms with Gasteiger partial charge in [0.15, 0.2) is 0 Å². The third kappa shape index (κ3) is 0.726. The summed E-state index contributed by atoms with van der Waals surface area (Å²) in [5.41, 5.74) is 1.63. The van der Waals surface area contributed by atoms with Gasteiger partial charge in [0.25, 0.3) is 0 Å². The maximum absolute atomic E-state index is 3.56. The lowest BCUT2D eigenvalue weighted by molar-refractivity contribution is 0.634. The molecule has 0 heteroatoms. The van der Waals surface area contributed by atoms with E-state index in [9.17, 15) is 0 Å². The van der Waals surface area contributed by atoms with Crippen molar-refractivity contribution in [2.24, 2.45) is 11.8 Å². The number of hydrogen-bond donors (Lipinski definition) is 0. The summed E-state index contributed by atoms with van der Waals surface area (Å²) in [5.74, 6) is 1.82. The molecule has 2 aliphatic carbocycles. The van der Waals surface area contributed by atoms with Gasteiger partial charge in [-0.15, -0.1) is 0 Å². The van der Waals surface area contributed by atoms with E-state index in [1.54, 1.807) is 5.57 Å². The molecule has 9 heavy (non-hydrogen) atoms. The molecule has 2 aliphatic rings. The highest BCUT2D eigenvalue weighted by Crippen LogP contribution is 2.43. The van der Waals surface area contributed by atoms with E-state index < -0.39 is 0 Å². The van der Waals surface area contributed by atoms with Crippen molar-refractivity contribution in [2.45, 2.75) is 32.6 Å². The van der Waals surface area contributed by atoms with Crippen LogP contribution in [0.25, 0.3) is 0 Å². The Bertz CT molecular complexity index is 144. The van der Waals surface area contributed by atoms with Crippen LogP contribution in [0.1, 0.15) is 32.6 Å². The fourth-order valence-corrected chi connectivity index (χ4v) is 2.20. The highest BCUT2D eigenvalue weighted by atomic mass is 14.4. The first-order valence-corrected chi connectivity index (χ1v) is 4.02. The molecule has 0 nitrogen and oxygen atoms in total. The quantitative estimate of drug-likeness (QED) is 0.500. The van der Waals surface area contributed by atoms with Gasteiger partial charge in [0.2, 0.25) is 0 Å². The first-order valence-electron chi connectivity index (χ1n) is 4.02. The molecule has 0 heterocycles. The molecule has 0 saturated heterocycles. The van der Waals surface area contributed by atoms with E-state index in [2.05, 4.69) is 13.0 Å². The van der Waals surface area contributed by atoms with Gasteiger partial charge in [-0.3, -0.25) is 0 Å². The molecule has 0 aromatic heterocycles. The monoisotopic (exact) mass is 121 g/mol. The second-order valence-electron chi connectivity index (χ2n) is 3.23. The number of hydrogen-bond acceptors (Lipinski definition) is 0. The Morgan fingerprint density at radius 3 is 2.78 bits per heavy atom. The summed E-state index contributed by atoms with van der Waals surface area (Å²) in [7, 11) is 0. The largest absolute Gasteiger partial charge is 0.0636 e. The topological polar surface area (TPSA) is 0 Å². The first kappa shape index (κ1) is 5.52. The Hall–Kier alpha value is -0.260. The highest BCUT2D eigenvalue weighted by molar-refractivity contribution is 5.14. The summed E-state index contributed by atoms with van der Waals surface area (Å²) in [6, 6.07) is 0. The lowest BCUT2D eigenvalue weighted by Crippen LogP contribution is -1.95. The average molecular weight is 121 g/mol. The zero-order chi connectivity index (χ0) is 6.27. The van der Waals surface area contributed by atoms with Crippen molar-refractivity contribution in [3.63, 3.8) is 0 Å². The summed E-state index contributed by atoms with van der Waals surface area (Å²) < 4.78 is 0. The summed E-state index contributed by atoms with van der Waals surface area (Å²) in [4.78, 5) is 0. The summed E-state index contributed by atoms with van der Waals surface area (Å²) in [5, 5.41) is 0. The minimum atomic E-state index is 0.866. The Morgan fingerprint density at radius 2 is 2.44 bits per heavy atom.